The highest BCUT2D eigenvalue weighted by atomic mass is 16.3. The first kappa shape index (κ1) is 40.5. The van der Waals surface area contributed by atoms with Crippen LogP contribution in [0.25, 0.3) is 0 Å². The molecule has 2 unspecified atom stereocenters. The first-order valence-corrected chi connectivity index (χ1v) is 18.1. The van der Waals surface area contributed by atoms with Gasteiger partial charge in [-0.3, -0.25) is 0 Å². The number of aliphatic hydroxyl groups is 4. The molecule has 0 heterocycles. The monoisotopic (exact) mass is 633 g/mol. The van der Waals surface area contributed by atoms with Gasteiger partial charge in [0.25, 0.3) is 0 Å². The molecule has 264 valence electrons. The Labute approximate surface area is 279 Å². The smallest absolute Gasteiger partial charge is 0.0797 e. The molecule has 45 heavy (non-hydrogen) atoms. The summed E-state index contributed by atoms with van der Waals surface area (Å²) < 4.78 is 0. The van der Waals surface area contributed by atoms with E-state index in [0.29, 0.717) is 35.5 Å². The van der Waals surface area contributed by atoms with E-state index in [1.165, 1.54) is 38.5 Å². The number of hydrogen-bond donors (Lipinski definition) is 4. The molecule has 0 aromatic heterocycles. The zero-order chi connectivity index (χ0) is 33.6. The fourth-order valence-corrected chi connectivity index (χ4v) is 11.6. The van der Waals surface area contributed by atoms with E-state index in [4.69, 9.17) is 0 Å². The summed E-state index contributed by atoms with van der Waals surface area (Å²) in [5.41, 5.74) is -1.80. The van der Waals surface area contributed by atoms with Crippen molar-refractivity contribution in [3.8, 4) is 0 Å². The van der Waals surface area contributed by atoms with Crippen LogP contribution in [0.15, 0.2) is 25.3 Å². The number of hydrogen-bond acceptors (Lipinski definition) is 4. The lowest BCUT2D eigenvalue weighted by atomic mass is 9.45. The molecular formula is C41H76O4. The fourth-order valence-electron chi connectivity index (χ4n) is 11.6. The van der Waals surface area contributed by atoms with Crippen molar-refractivity contribution in [2.24, 2.45) is 45.3 Å². The van der Waals surface area contributed by atoms with Gasteiger partial charge in [0.05, 0.1) is 22.4 Å². The van der Waals surface area contributed by atoms with Gasteiger partial charge in [0, 0.05) is 0 Å². The minimum absolute atomic E-state index is 0. The third-order valence-electron chi connectivity index (χ3n) is 14.3. The van der Waals surface area contributed by atoms with Crippen molar-refractivity contribution >= 4 is 0 Å². The third-order valence-corrected chi connectivity index (χ3v) is 14.3. The van der Waals surface area contributed by atoms with Crippen molar-refractivity contribution in [2.75, 3.05) is 0 Å². The van der Waals surface area contributed by atoms with E-state index < -0.39 is 22.4 Å². The summed E-state index contributed by atoms with van der Waals surface area (Å²) in [5, 5.41) is 42.8. The van der Waals surface area contributed by atoms with Gasteiger partial charge in [0.2, 0.25) is 0 Å². The van der Waals surface area contributed by atoms with Gasteiger partial charge in [-0.1, -0.05) is 74.0 Å². The Morgan fingerprint density at radius 2 is 0.911 bits per heavy atom. The Morgan fingerprint density at radius 1 is 0.600 bits per heavy atom. The molecule has 4 aliphatic carbocycles. The molecule has 0 aromatic carbocycles. The Bertz CT molecular complexity index is 923. The molecule has 0 saturated heterocycles. The predicted molar refractivity (Wildman–Crippen MR) is 192 cm³/mol. The molecule has 4 nitrogen and oxygen atoms in total. The van der Waals surface area contributed by atoms with E-state index in [1.54, 1.807) is 12.2 Å². The van der Waals surface area contributed by atoms with E-state index in [0.717, 1.165) is 38.5 Å². The first-order valence-electron chi connectivity index (χ1n) is 18.1. The zero-order valence-corrected chi connectivity index (χ0v) is 30.6. The third kappa shape index (κ3) is 8.49. The molecule has 0 bridgehead atoms. The molecular weight excluding hydrogens is 556 g/mol. The van der Waals surface area contributed by atoms with Crippen molar-refractivity contribution in [3.05, 3.63) is 25.3 Å². The molecule has 4 saturated carbocycles. The molecule has 0 radical (unpaired) electrons. The molecule has 0 aromatic rings. The van der Waals surface area contributed by atoms with Crippen LogP contribution in [-0.2, 0) is 0 Å². The van der Waals surface area contributed by atoms with Gasteiger partial charge in [-0.25, -0.2) is 0 Å². The largest absolute Gasteiger partial charge is 0.390 e. The van der Waals surface area contributed by atoms with Crippen LogP contribution in [0.5, 0.6) is 0 Å². The van der Waals surface area contributed by atoms with Gasteiger partial charge in [-0.15, -0.1) is 13.2 Å². The van der Waals surface area contributed by atoms with E-state index >= 15 is 0 Å². The summed E-state index contributed by atoms with van der Waals surface area (Å²) in [6, 6.07) is 0. The summed E-state index contributed by atoms with van der Waals surface area (Å²) in [6.07, 6.45) is 17.9. The Balaban J connectivity index is 0.000000307. The summed E-state index contributed by atoms with van der Waals surface area (Å²) in [6.45, 7) is 29.6. The maximum absolute atomic E-state index is 11.1. The van der Waals surface area contributed by atoms with Crippen LogP contribution < -0.4 is 0 Å². The van der Waals surface area contributed by atoms with Gasteiger partial charge >= 0.3 is 0 Å². The van der Waals surface area contributed by atoms with Crippen LogP contribution in [-0.4, -0.2) is 42.8 Å². The van der Waals surface area contributed by atoms with Crippen LogP contribution in [0.1, 0.15) is 167 Å². The standard InChI is InChI=1S/2C20H36O2.CH4/c2*1-7-18(4,21)13-9-16-19(5)12-8-11-17(2,3)15(19)10-14-20(16,6)22;/h2*7,15-16,21-22H,1,8-14H2,2-6H3;1H4/t15?,16-,18+,19+,20-;15?,16-,18-,19+,20-;/m11./s1. The van der Waals surface area contributed by atoms with Gasteiger partial charge in [-0.2, -0.15) is 0 Å². The highest BCUT2D eigenvalue weighted by Crippen LogP contribution is 2.64. The average molecular weight is 633 g/mol. The molecule has 10 atom stereocenters. The minimum atomic E-state index is -0.830. The maximum atomic E-state index is 11.1. The number of rotatable bonds is 8. The molecule has 0 amide bonds. The molecule has 4 aliphatic rings. The first-order chi connectivity index (χ1) is 19.9. The van der Waals surface area contributed by atoms with E-state index in [2.05, 4.69) is 54.7 Å². The van der Waals surface area contributed by atoms with Gasteiger partial charge in [-0.05, 0) is 150 Å². The number of fused-ring (bicyclic) bond motifs is 2. The average Bonchev–Trinajstić information content (AvgIpc) is 2.86. The van der Waals surface area contributed by atoms with Gasteiger partial charge in [0.1, 0.15) is 0 Å². The predicted octanol–water partition coefficient (Wildman–Crippen LogP) is 10.0. The summed E-state index contributed by atoms with van der Waals surface area (Å²) in [4.78, 5) is 0. The highest BCUT2D eigenvalue weighted by Gasteiger charge is 2.59. The maximum Gasteiger partial charge on any atom is 0.0797 e. The Hall–Kier alpha value is -0.680. The molecule has 4 heteroatoms. The second-order valence-electron chi connectivity index (χ2n) is 18.9. The van der Waals surface area contributed by atoms with Crippen LogP contribution >= 0.6 is 0 Å². The van der Waals surface area contributed by atoms with Crippen molar-refractivity contribution in [1.29, 1.82) is 0 Å². The van der Waals surface area contributed by atoms with Crippen LogP contribution in [0.3, 0.4) is 0 Å². The van der Waals surface area contributed by atoms with Crippen molar-refractivity contribution in [2.45, 2.75) is 189 Å². The minimum Gasteiger partial charge on any atom is -0.390 e. The van der Waals surface area contributed by atoms with Crippen LogP contribution in [0, 0.1) is 45.3 Å². The van der Waals surface area contributed by atoms with Gasteiger partial charge in [0.15, 0.2) is 0 Å². The zero-order valence-electron chi connectivity index (χ0n) is 30.6. The van der Waals surface area contributed by atoms with Gasteiger partial charge < -0.3 is 20.4 Å². The van der Waals surface area contributed by atoms with E-state index in [1.807, 2.05) is 27.7 Å². The van der Waals surface area contributed by atoms with E-state index in [-0.39, 0.29) is 30.1 Å². The SMILES string of the molecule is C.C=C[C@@](C)(O)CC[C@@H]1[C@@]2(C)CCCC(C)(C)C2CC[C@@]1(C)O.C=C[C@](C)(O)CC[C@@H]1[C@@]2(C)CCCC(C)(C)C2CC[C@@]1(C)O. The van der Waals surface area contributed by atoms with Crippen LogP contribution in [0.2, 0.25) is 0 Å². The van der Waals surface area contributed by atoms with Crippen LogP contribution in [0.4, 0.5) is 0 Å². The molecule has 4 N–H and O–H groups in total. The topological polar surface area (TPSA) is 80.9 Å². The highest BCUT2D eigenvalue weighted by molar-refractivity contribution is 5.09. The Morgan fingerprint density at radius 3 is 1.20 bits per heavy atom. The Kier molecular flexibility index (Phi) is 12.3. The van der Waals surface area contributed by atoms with Crippen molar-refractivity contribution in [1.82, 2.24) is 0 Å². The van der Waals surface area contributed by atoms with Crippen molar-refractivity contribution in [3.63, 3.8) is 0 Å². The van der Waals surface area contributed by atoms with E-state index in [9.17, 15) is 20.4 Å². The normalized spacial score (nSPS) is 43.0. The fraction of sp³-hybridized carbons (Fsp3) is 0.902. The molecule has 4 fully saturated rings. The molecule has 0 aliphatic heterocycles. The van der Waals surface area contributed by atoms with Crippen molar-refractivity contribution < 1.29 is 20.4 Å². The second-order valence-corrected chi connectivity index (χ2v) is 18.9. The summed E-state index contributed by atoms with van der Waals surface area (Å²) in [5.74, 6) is 1.86. The second kappa shape index (κ2) is 13.7. The molecule has 4 rings (SSSR count). The summed E-state index contributed by atoms with van der Waals surface area (Å²) in [7, 11) is 0. The lowest BCUT2D eigenvalue weighted by Crippen LogP contribution is -2.57. The lowest BCUT2D eigenvalue weighted by Gasteiger charge is -2.61. The lowest BCUT2D eigenvalue weighted by molar-refractivity contribution is -0.172. The summed E-state index contributed by atoms with van der Waals surface area (Å²) >= 11 is 0. The quantitative estimate of drug-likeness (QED) is 0.201. The molecule has 0 spiro atoms.